The van der Waals surface area contributed by atoms with E-state index >= 15 is 0 Å². The molecule has 1 aliphatic rings. The van der Waals surface area contributed by atoms with Crippen molar-refractivity contribution < 1.29 is 40.7 Å². The van der Waals surface area contributed by atoms with Crippen LogP contribution in [0.25, 0.3) is 0 Å². The van der Waals surface area contributed by atoms with E-state index in [0.717, 1.165) is 0 Å². The zero-order valence-corrected chi connectivity index (χ0v) is 18.0. The summed E-state index contributed by atoms with van der Waals surface area (Å²) >= 11 is 0. The summed E-state index contributed by atoms with van der Waals surface area (Å²) in [6.45, 7) is 4.59. The molecular formula is C21H26F6N2O3. The van der Waals surface area contributed by atoms with Gasteiger partial charge in [-0.1, -0.05) is 0 Å². The van der Waals surface area contributed by atoms with Gasteiger partial charge in [-0.25, -0.2) is 18.0 Å². The molecule has 0 saturated carbocycles. The van der Waals surface area contributed by atoms with Gasteiger partial charge in [0.2, 0.25) is 5.91 Å². The standard InChI is InChI=1S/C21H26F6N2O3/c1-20(2,3)32-19(31)28-14(8-12-9-16(23)17(24)11-15(12)22)10-18(30)29-6-4-13(5-7-29)21(25,26)27/h9,11,13-14H,4-8,10H2,1-3H3,(H,28,31)/t14-/m1/s1. The summed E-state index contributed by atoms with van der Waals surface area (Å²) in [4.78, 5) is 26.1. The number of ether oxygens (including phenoxy) is 1. The van der Waals surface area contributed by atoms with Crippen LogP contribution in [0.1, 0.15) is 45.6 Å². The zero-order valence-electron chi connectivity index (χ0n) is 18.0. The molecule has 32 heavy (non-hydrogen) atoms. The number of nitrogens with zero attached hydrogens (tertiary/aromatic N) is 1. The van der Waals surface area contributed by atoms with E-state index in [0.29, 0.717) is 12.1 Å². The van der Waals surface area contributed by atoms with Gasteiger partial charge in [0.05, 0.1) is 5.92 Å². The Hall–Kier alpha value is -2.46. The molecule has 180 valence electrons. The maximum Gasteiger partial charge on any atom is 0.407 e. The highest BCUT2D eigenvalue weighted by molar-refractivity contribution is 5.78. The van der Waals surface area contributed by atoms with Gasteiger partial charge in [0.15, 0.2) is 11.6 Å². The second kappa shape index (κ2) is 9.99. The number of piperidine rings is 1. The minimum atomic E-state index is -4.33. The molecule has 0 bridgehead atoms. The number of likely N-dealkylation sites (tertiary alicyclic amines) is 1. The Labute approximate surface area is 182 Å². The Bertz CT molecular complexity index is 830. The SMILES string of the molecule is CC(C)(C)OC(=O)N[C@@H](CC(=O)N1CCC(C(F)(F)F)CC1)Cc1cc(F)c(F)cc1F. The fraction of sp³-hybridized carbons (Fsp3) is 0.619. The number of hydrogen-bond acceptors (Lipinski definition) is 3. The van der Waals surface area contributed by atoms with E-state index in [4.69, 9.17) is 4.74 Å². The molecular weight excluding hydrogens is 442 g/mol. The highest BCUT2D eigenvalue weighted by Gasteiger charge is 2.41. The molecule has 1 saturated heterocycles. The number of nitrogens with one attached hydrogen (secondary N) is 1. The third kappa shape index (κ3) is 7.59. The topological polar surface area (TPSA) is 58.6 Å². The first-order chi connectivity index (χ1) is 14.7. The van der Waals surface area contributed by atoms with E-state index in [1.165, 1.54) is 4.90 Å². The number of alkyl halides is 3. The monoisotopic (exact) mass is 468 g/mol. The summed E-state index contributed by atoms with van der Waals surface area (Å²) in [5.41, 5.74) is -1.14. The van der Waals surface area contributed by atoms with Gasteiger partial charge in [-0.15, -0.1) is 0 Å². The molecule has 1 heterocycles. The van der Waals surface area contributed by atoms with Crippen LogP contribution >= 0.6 is 0 Å². The number of hydrogen-bond donors (Lipinski definition) is 1. The lowest BCUT2D eigenvalue weighted by molar-refractivity contribution is -0.186. The molecule has 1 aromatic carbocycles. The van der Waals surface area contributed by atoms with Crippen molar-refractivity contribution in [3.8, 4) is 0 Å². The maximum atomic E-state index is 14.1. The minimum Gasteiger partial charge on any atom is -0.444 e. The molecule has 0 aromatic heterocycles. The molecule has 0 spiro atoms. The van der Waals surface area contributed by atoms with E-state index in [1.54, 1.807) is 20.8 Å². The average Bonchev–Trinajstić information content (AvgIpc) is 2.63. The van der Waals surface area contributed by atoms with Crippen molar-refractivity contribution in [2.24, 2.45) is 5.92 Å². The summed E-state index contributed by atoms with van der Waals surface area (Å²) in [5.74, 6) is -5.77. The largest absolute Gasteiger partial charge is 0.444 e. The van der Waals surface area contributed by atoms with Crippen molar-refractivity contribution in [1.29, 1.82) is 0 Å². The van der Waals surface area contributed by atoms with E-state index < -0.39 is 53.2 Å². The fourth-order valence-electron chi connectivity index (χ4n) is 3.43. The van der Waals surface area contributed by atoms with Gasteiger partial charge >= 0.3 is 12.3 Å². The Balaban J connectivity index is 2.11. The number of carbonyl (C=O) groups is 2. The summed E-state index contributed by atoms with van der Waals surface area (Å²) in [6, 6.07) is -0.0656. The highest BCUT2D eigenvalue weighted by atomic mass is 19.4. The summed E-state index contributed by atoms with van der Waals surface area (Å²) < 4.78 is 84.5. The predicted octanol–water partition coefficient (Wildman–Crippen LogP) is 4.73. The lowest BCUT2D eigenvalue weighted by Gasteiger charge is -2.34. The van der Waals surface area contributed by atoms with Gasteiger partial charge in [-0.2, -0.15) is 13.2 Å². The van der Waals surface area contributed by atoms with Crippen molar-refractivity contribution in [3.63, 3.8) is 0 Å². The van der Waals surface area contributed by atoms with E-state index in [2.05, 4.69) is 5.32 Å². The lowest BCUT2D eigenvalue weighted by Crippen LogP contribution is -2.46. The van der Waals surface area contributed by atoms with Crippen molar-refractivity contribution in [2.75, 3.05) is 13.1 Å². The summed E-state index contributed by atoms with van der Waals surface area (Å²) in [5, 5.41) is 2.41. The third-order valence-electron chi connectivity index (χ3n) is 5.01. The first-order valence-electron chi connectivity index (χ1n) is 10.1. The van der Waals surface area contributed by atoms with Gasteiger partial charge in [0.1, 0.15) is 11.4 Å². The Morgan fingerprint density at radius 3 is 2.16 bits per heavy atom. The van der Waals surface area contributed by atoms with Crippen LogP contribution in [-0.2, 0) is 16.0 Å². The van der Waals surface area contributed by atoms with Gasteiger partial charge < -0.3 is 15.0 Å². The first kappa shape index (κ1) is 25.8. The molecule has 11 heteroatoms. The molecule has 2 rings (SSSR count). The van der Waals surface area contributed by atoms with Gasteiger partial charge in [0, 0.05) is 31.6 Å². The molecule has 0 unspecified atom stereocenters. The van der Waals surface area contributed by atoms with Gasteiger partial charge in [-0.3, -0.25) is 4.79 Å². The van der Waals surface area contributed by atoms with Crippen molar-refractivity contribution in [3.05, 3.63) is 35.1 Å². The van der Waals surface area contributed by atoms with Crippen LogP contribution in [-0.4, -0.2) is 47.8 Å². The Morgan fingerprint density at radius 2 is 1.62 bits per heavy atom. The number of alkyl carbamates (subject to hydrolysis) is 1. The number of carbonyl (C=O) groups excluding carboxylic acids is 2. The molecule has 1 aliphatic heterocycles. The van der Waals surface area contributed by atoms with Gasteiger partial charge in [0.25, 0.3) is 0 Å². The van der Waals surface area contributed by atoms with Crippen LogP contribution < -0.4 is 5.32 Å². The van der Waals surface area contributed by atoms with Crippen LogP contribution in [0.2, 0.25) is 0 Å². The number of halogens is 6. The number of amides is 2. The molecule has 1 atom stereocenters. The minimum absolute atomic E-state index is 0.109. The smallest absolute Gasteiger partial charge is 0.407 e. The fourth-order valence-corrected chi connectivity index (χ4v) is 3.43. The Morgan fingerprint density at radius 1 is 1.06 bits per heavy atom. The van der Waals surface area contributed by atoms with Crippen LogP contribution in [0.4, 0.5) is 31.1 Å². The Kier molecular flexibility index (Phi) is 8.06. The number of rotatable bonds is 5. The van der Waals surface area contributed by atoms with Gasteiger partial charge in [-0.05, 0) is 51.7 Å². The van der Waals surface area contributed by atoms with Crippen molar-refractivity contribution in [2.45, 2.75) is 64.3 Å². The van der Waals surface area contributed by atoms with Crippen molar-refractivity contribution >= 4 is 12.0 Å². The van der Waals surface area contributed by atoms with E-state index in [9.17, 15) is 35.9 Å². The maximum absolute atomic E-state index is 14.1. The number of benzene rings is 1. The molecule has 0 radical (unpaired) electrons. The van der Waals surface area contributed by atoms with Crippen molar-refractivity contribution in [1.82, 2.24) is 10.2 Å². The van der Waals surface area contributed by atoms with E-state index in [1.807, 2.05) is 0 Å². The van der Waals surface area contributed by atoms with Crippen LogP contribution in [0.3, 0.4) is 0 Å². The predicted molar refractivity (Wildman–Crippen MR) is 103 cm³/mol. The first-order valence-corrected chi connectivity index (χ1v) is 10.1. The highest BCUT2D eigenvalue weighted by Crippen LogP contribution is 2.34. The van der Waals surface area contributed by atoms with Crippen LogP contribution in [0.15, 0.2) is 12.1 Å². The second-order valence-corrected chi connectivity index (χ2v) is 8.81. The summed E-state index contributed by atoms with van der Waals surface area (Å²) in [7, 11) is 0. The van der Waals surface area contributed by atoms with Crippen LogP contribution in [0, 0.1) is 23.4 Å². The molecule has 0 aliphatic carbocycles. The normalized spacial score (nSPS) is 16.6. The quantitative estimate of drug-likeness (QED) is 0.502. The second-order valence-electron chi connectivity index (χ2n) is 8.81. The zero-order chi connectivity index (χ0) is 24.3. The average molecular weight is 468 g/mol. The third-order valence-corrected chi connectivity index (χ3v) is 5.01. The molecule has 1 N–H and O–H groups in total. The van der Waals surface area contributed by atoms with E-state index in [-0.39, 0.29) is 44.3 Å². The van der Waals surface area contributed by atoms with Crippen LogP contribution in [0.5, 0.6) is 0 Å². The molecule has 5 nitrogen and oxygen atoms in total. The summed E-state index contributed by atoms with van der Waals surface area (Å²) in [6.07, 6.45) is -6.45. The molecule has 1 aromatic rings. The molecule has 2 amide bonds. The molecule has 1 fully saturated rings. The lowest BCUT2D eigenvalue weighted by atomic mass is 9.95.